The molecule has 0 radical (unpaired) electrons. The van der Waals surface area contributed by atoms with Gasteiger partial charge in [0.1, 0.15) is 0 Å². The molecule has 0 aliphatic rings. The lowest BCUT2D eigenvalue weighted by Gasteiger charge is -2.05. The monoisotopic (exact) mass is 419 g/mol. The maximum Gasteiger partial charge on any atom is 0.252 e. The third-order valence-corrected chi connectivity index (χ3v) is 6.50. The lowest BCUT2D eigenvalue weighted by molar-refractivity contribution is -0.121. The van der Waals surface area contributed by atoms with Gasteiger partial charge in [0.05, 0.1) is 15.6 Å². The minimum Gasteiger partial charge on any atom is -0.356 e. The molecule has 0 saturated carbocycles. The third kappa shape index (κ3) is 5.98. The van der Waals surface area contributed by atoms with Gasteiger partial charge in [-0.1, -0.05) is 0 Å². The van der Waals surface area contributed by atoms with Crippen molar-refractivity contribution in [3.8, 4) is 10.6 Å². The largest absolute Gasteiger partial charge is 0.356 e. The van der Waals surface area contributed by atoms with Crippen LogP contribution in [0.1, 0.15) is 33.1 Å². The third-order valence-electron chi connectivity index (χ3n) is 3.88. The van der Waals surface area contributed by atoms with E-state index in [1.54, 1.807) is 28.7 Å². The van der Waals surface area contributed by atoms with Gasteiger partial charge in [-0.3, -0.25) is 9.59 Å². The molecule has 27 heavy (non-hydrogen) atoms. The molecule has 2 N–H and O–H groups in total. The molecule has 8 heteroatoms. The van der Waals surface area contributed by atoms with Gasteiger partial charge in [0.25, 0.3) is 5.91 Å². The summed E-state index contributed by atoms with van der Waals surface area (Å²) in [4.78, 5) is 30.6. The summed E-state index contributed by atoms with van der Waals surface area (Å²) in [6, 6.07) is 5.98. The van der Waals surface area contributed by atoms with Gasteiger partial charge in [-0.25, -0.2) is 4.98 Å². The second kappa shape index (κ2) is 9.77. The maximum absolute atomic E-state index is 11.9. The Labute approximate surface area is 170 Å². The first-order chi connectivity index (χ1) is 13.1. The second-order valence-electron chi connectivity index (χ2n) is 5.99. The summed E-state index contributed by atoms with van der Waals surface area (Å²) >= 11 is 4.87. The molecule has 5 nitrogen and oxygen atoms in total. The smallest absolute Gasteiger partial charge is 0.252 e. The zero-order chi connectivity index (χ0) is 19.1. The molecule has 3 aromatic rings. The van der Waals surface area contributed by atoms with Crippen LogP contribution in [0.2, 0.25) is 0 Å². The highest BCUT2D eigenvalue weighted by molar-refractivity contribution is 7.16. The van der Waals surface area contributed by atoms with Gasteiger partial charge < -0.3 is 10.6 Å². The fraction of sp³-hybridized carbons (Fsp3) is 0.316. The average Bonchev–Trinajstić information content (AvgIpc) is 3.39. The van der Waals surface area contributed by atoms with Crippen molar-refractivity contribution in [2.75, 3.05) is 13.1 Å². The van der Waals surface area contributed by atoms with Gasteiger partial charge in [0.15, 0.2) is 0 Å². The van der Waals surface area contributed by atoms with Crippen molar-refractivity contribution in [3.05, 3.63) is 49.8 Å². The summed E-state index contributed by atoms with van der Waals surface area (Å²) in [5.41, 5.74) is 1.70. The molecule has 3 aromatic heterocycles. The normalized spacial score (nSPS) is 10.7. The van der Waals surface area contributed by atoms with Gasteiger partial charge in [-0.05, 0) is 43.3 Å². The van der Waals surface area contributed by atoms with E-state index in [0.717, 1.165) is 17.1 Å². The van der Waals surface area contributed by atoms with Crippen LogP contribution < -0.4 is 10.6 Å². The van der Waals surface area contributed by atoms with Crippen LogP contribution >= 0.6 is 34.0 Å². The lowest BCUT2D eigenvalue weighted by Crippen LogP contribution is -2.28. The van der Waals surface area contributed by atoms with Gasteiger partial charge >= 0.3 is 0 Å². The van der Waals surface area contributed by atoms with Crippen LogP contribution in [0.25, 0.3) is 10.6 Å². The predicted molar refractivity (Wildman–Crippen MR) is 113 cm³/mol. The molecule has 0 aromatic carbocycles. The topological polar surface area (TPSA) is 71.1 Å². The highest BCUT2D eigenvalue weighted by Crippen LogP contribution is 2.29. The second-order valence-corrected chi connectivity index (χ2v) is 9.00. The fourth-order valence-electron chi connectivity index (χ4n) is 2.49. The number of nitrogens with zero attached hydrogens (tertiary/aromatic N) is 1. The van der Waals surface area contributed by atoms with E-state index in [2.05, 4.69) is 33.1 Å². The zero-order valence-electron chi connectivity index (χ0n) is 15.0. The van der Waals surface area contributed by atoms with Crippen molar-refractivity contribution in [2.24, 2.45) is 0 Å². The molecular weight excluding hydrogens is 398 g/mol. The lowest BCUT2D eigenvalue weighted by atomic mass is 10.2. The minimum absolute atomic E-state index is 0.0201. The van der Waals surface area contributed by atoms with Crippen LogP contribution in [0.3, 0.4) is 0 Å². The number of thiophene rings is 2. The van der Waals surface area contributed by atoms with Crippen molar-refractivity contribution in [1.29, 1.82) is 0 Å². The number of thiazole rings is 1. The first-order valence-electron chi connectivity index (χ1n) is 8.70. The van der Waals surface area contributed by atoms with Crippen molar-refractivity contribution < 1.29 is 9.59 Å². The molecule has 0 aliphatic heterocycles. The van der Waals surface area contributed by atoms with E-state index in [4.69, 9.17) is 0 Å². The van der Waals surface area contributed by atoms with E-state index in [-0.39, 0.29) is 11.8 Å². The van der Waals surface area contributed by atoms with Crippen LogP contribution in [0.15, 0.2) is 34.3 Å². The van der Waals surface area contributed by atoms with Crippen LogP contribution in [0.5, 0.6) is 0 Å². The Morgan fingerprint density at radius 3 is 2.74 bits per heavy atom. The number of carbonyl (C=O) groups excluding carboxylic acids is 2. The van der Waals surface area contributed by atoms with Gasteiger partial charge in [-0.15, -0.1) is 22.7 Å². The molecule has 0 saturated heterocycles. The molecule has 0 fully saturated rings. The first kappa shape index (κ1) is 19.7. The van der Waals surface area contributed by atoms with Gasteiger partial charge in [-0.2, -0.15) is 11.3 Å². The summed E-state index contributed by atoms with van der Waals surface area (Å²) < 4.78 is 0. The number of rotatable bonds is 9. The van der Waals surface area contributed by atoms with Crippen LogP contribution in [-0.2, 0) is 11.2 Å². The Bertz CT molecular complexity index is 884. The number of carbonyl (C=O) groups is 2. The molecule has 142 valence electrons. The molecule has 3 rings (SSSR count). The number of hydrogen-bond donors (Lipinski definition) is 2. The minimum atomic E-state index is -0.0829. The molecule has 0 bridgehead atoms. The molecule has 2 amide bonds. The summed E-state index contributed by atoms with van der Waals surface area (Å²) in [6.45, 7) is 3.13. The van der Waals surface area contributed by atoms with Crippen LogP contribution in [-0.4, -0.2) is 29.9 Å². The summed E-state index contributed by atoms with van der Waals surface area (Å²) in [7, 11) is 0. The summed E-state index contributed by atoms with van der Waals surface area (Å²) in [5, 5.41) is 12.6. The zero-order valence-corrected chi connectivity index (χ0v) is 17.4. The van der Waals surface area contributed by atoms with E-state index in [1.165, 1.54) is 21.1 Å². The predicted octanol–water partition coefficient (Wildman–Crippen LogP) is 4.11. The van der Waals surface area contributed by atoms with E-state index < -0.39 is 0 Å². The Hall–Kier alpha value is -2.03. The first-order valence-corrected chi connectivity index (χ1v) is 11.3. The average molecular weight is 420 g/mol. The number of aromatic nitrogens is 1. The molecule has 0 unspecified atom stereocenters. The molecule has 0 spiro atoms. The quantitative estimate of drug-likeness (QED) is 0.513. The molecule has 0 atom stereocenters. The SMILES string of the molecule is Cc1nc(-c2ccc(CCNC(=O)CCCNC(=O)c3ccsc3)s2)cs1. The molecule has 3 heterocycles. The standard InChI is InChI=1S/C19H21N3O2S3/c1-13-22-16(12-26-13)17-5-4-15(27-17)6-9-20-18(23)3-2-8-21-19(24)14-7-10-25-11-14/h4-5,7,10-12H,2-3,6,8-9H2,1H3,(H,20,23)(H,21,24). The van der Waals surface area contributed by atoms with Crippen LogP contribution in [0, 0.1) is 6.92 Å². The van der Waals surface area contributed by atoms with E-state index >= 15 is 0 Å². The fourth-order valence-corrected chi connectivity index (χ4v) is 4.78. The Morgan fingerprint density at radius 2 is 2.00 bits per heavy atom. The van der Waals surface area contributed by atoms with Crippen molar-refractivity contribution >= 4 is 45.8 Å². The molecular formula is C19H21N3O2S3. The summed E-state index contributed by atoms with van der Waals surface area (Å²) in [6.07, 6.45) is 1.86. The highest BCUT2D eigenvalue weighted by atomic mass is 32.1. The number of amides is 2. The number of aryl methyl sites for hydroxylation is 1. The van der Waals surface area contributed by atoms with E-state index in [0.29, 0.717) is 31.5 Å². The van der Waals surface area contributed by atoms with Gasteiger partial charge in [0, 0.05) is 40.7 Å². The Kier molecular flexibility index (Phi) is 7.14. The Morgan fingerprint density at radius 1 is 1.11 bits per heavy atom. The van der Waals surface area contributed by atoms with Crippen molar-refractivity contribution in [2.45, 2.75) is 26.2 Å². The highest BCUT2D eigenvalue weighted by Gasteiger charge is 2.08. The molecule has 0 aliphatic carbocycles. The van der Waals surface area contributed by atoms with E-state index in [1.807, 2.05) is 17.7 Å². The maximum atomic E-state index is 11.9. The number of hydrogen-bond acceptors (Lipinski definition) is 6. The van der Waals surface area contributed by atoms with E-state index in [9.17, 15) is 9.59 Å². The van der Waals surface area contributed by atoms with Crippen LogP contribution in [0.4, 0.5) is 0 Å². The van der Waals surface area contributed by atoms with Gasteiger partial charge in [0.2, 0.25) is 5.91 Å². The Balaban J connectivity index is 1.30. The van der Waals surface area contributed by atoms with Crippen molar-refractivity contribution in [1.82, 2.24) is 15.6 Å². The van der Waals surface area contributed by atoms with Crippen molar-refractivity contribution in [3.63, 3.8) is 0 Å². The number of nitrogens with one attached hydrogen (secondary N) is 2. The summed E-state index contributed by atoms with van der Waals surface area (Å²) in [5.74, 6) is -0.0628.